The molecule has 0 heterocycles. The molecule has 0 aliphatic rings. The zero-order valence-electron chi connectivity index (χ0n) is 10.7. The highest BCUT2D eigenvalue weighted by Gasteiger charge is 2.01. The fourth-order valence-corrected chi connectivity index (χ4v) is 1.84. The summed E-state index contributed by atoms with van der Waals surface area (Å²) in [6.45, 7) is 5.03. The summed E-state index contributed by atoms with van der Waals surface area (Å²) in [6.07, 6.45) is 2.57. The number of nitrogens with one attached hydrogen (secondary N) is 2. The summed E-state index contributed by atoms with van der Waals surface area (Å²) in [6, 6.07) is 5.03. The van der Waals surface area contributed by atoms with Gasteiger partial charge in [0.15, 0.2) is 5.96 Å². The van der Waals surface area contributed by atoms with Gasteiger partial charge in [-0.1, -0.05) is 12.1 Å². The average Bonchev–Trinajstić information content (AvgIpc) is 2.37. The van der Waals surface area contributed by atoms with Crippen molar-refractivity contribution >= 4 is 45.9 Å². The van der Waals surface area contributed by atoms with E-state index in [1.165, 1.54) is 6.07 Å². The molecule has 0 unspecified atom stereocenters. The van der Waals surface area contributed by atoms with Crippen LogP contribution in [0.4, 0.5) is 4.39 Å². The maximum Gasteiger partial charge on any atom is 0.191 e. The third kappa shape index (κ3) is 6.91. The molecule has 0 aromatic heterocycles. The van der Waals surface area contributed by atoms with Crippen LogP contribution >= 0.6 is 39.9 Å². The zero-order valence-corrected chi connectivity index (χ0v) is 14.7. The van der Waals surface area contributed by atoms with Crippen molar-refractivity contribution < 1.29 is 4.39 Å². The van der Waals surface area contributed by atoms with Crippen LogP contribution in [0.2, 0.25) is 0 Å². The summed E-state index contributed by atoms with van der Waals surface area (Å²) < 4.78 is 13.5. The van der Waals surface area contributed by atoms with E-state index in [9.17, 15) is 4.39 Å². The van der Waals surface area contributed by atoms with Gasteiger partial charge in [0.05, 0.1) is 4.47 Å². The first kappa shape index (κ1) is 18.4. The molecule has 0 fully saturated rings. The van der Waals surface area contributed by atoms with Gasteiger partial charge in [-0.25, -0.2) is 4.39 Å². The minimum absolute atomic E-state index is 0. The van der Waals surface area contributed by atoms with Crippen LogP contribution in [0.25, 0.3) is 0 Å². The van der Waals surface area contributed by atoms with E-state index in [0.29, 0.717) is 11.0 Å². The van der Waals surface area contributed by atoms with Gasteiger partial charge in [-0.2, -0.15) is 0 Å². The largest absolute Gasteiger partial charge is 0.356 e. The number of guanidine groups is 1. The molecule has 1 rings (SSSR count). The Morgan fingerprint density at radius 3 is 2.79 bits per heavy atom. The third-order valence-electron chi connectivity index (χ3n) is 2.33. The molecule has 0 bridgehead atoms. The molecule has 0 amide bonds. The van der Waals surface area contributed by atoms with Crippen molar-refractivity contribution in [3.8, 4) is 0 Å². The van der Waals surface area contributed by atoms with Gasteiger partial charge >= 0.3 is 0 Å². The Kier molecular flexibility index (Phi) is 9.85. The second kappa shape index (κ2) is 10.2. The standard InChI is InChI=1S/C13H17BrFN3.HI/c1-3-7-17-13(16-2)18-8-6-10-4-5-12(15)11(14)9-10;/h3-5,9H,1,6-8H2,2H3,(H2,16,17,18);1H. The van der Waals surface area contributed by atoms with Gasteiger partial charge in [0.25, 0.3) is 0 Å². The first-order chi connectivity index (χ1) is 8.67. The highest BCUT2D eigenvalue weighted by atomic mass is 127. The smallest absolute Gasteiger partial charge is 0.191 e. The third-order valence-corrected chi connectivity index (χ3v) is 2.94. The van der Waals surface area contributed by atoms with E-state index in [2.05, 4.69) is 38.1 Å². The van der Waals surface area contributed by atoms with Gasteiger partial charge in [0.1, 0.15) is 5.82 Å². The summed E-state index contributed by atoms with van der Waals surface area (Å²) in [7, 11) is 1.72. The maximum atomic E-state index is 13.0. The number of rotatable bonds is 5. The summed E-state index contributed by atoms with van der Waals surface area (Å²) in [5, 5.41) is 6.25. The van der Waals surface area contributed by atoms with Crippen LogP contribution in [-0.2, 0) is 6.42 Å². The van der Waals surface area contributed by atoms with Gasteiger partial charge in [-0.3, -0.25) is 4.99 Å². The first-order valence-electron chi connectivity index (χ1n) is 5.66. The maximum absolute atomic E-state index is 13.0. The van der Waals surface area contributed by atoms with Crippen LogP contribution in [0.15, 0.2) is 40.3 Å². The Hall–Kier alpha value is -0.630. The highest BCUT2D eigenvalue weighted by molar-refractivity contribution is 14.0. The van der Waals surface area contributed by atoms with Gasteiger partial charge in [0.2, 0.25) is 0 Å². The summed E-state index contributed by atoms with van der Waals surface area (Å²) in [5.74, 6) is 0.492. The van der Waals surface area contributed by atoms with Crippen molar-refractivity contribution in [3.05, 3.63) is 46.7 Å². The average molecular weight is 442 g/mol. The summed E-state index contributed by atoms with van der Waals surface area (Å²) in [5.41, 5.74) is 1.06. The van der Waals surface area contributed by atoms with Crippen molar-refractivity contribution in [2.75, 3.05) is 20.1 Å². The van der Waals surface area contributed by atoms with Gasteiger partial charge in [0, 0.05) is 20.1 Å². The van der Waals surface area contributed by atoms with Crippen molar-refractivity contribution in [1.29, 1.82) is 0 Å². The molecular formula is C13H18BrFIN3. The van der Waals surface area contributed by atoms with E-state index in [1.807, 2.05) is 0 Å². The molecular weight excluding hydrogens is 424 g/mol. The normalized spacial score (nSPS) is 10.6. The monoisotopic (exact) mass is 441 g/mol. The summed E-state index contributed by atoms with van der Waals surface area (Å²) in [4.78, 5) is 4.07. The summed E-state index contributed by atoms with van der Waals surface area (Å²) >= 11 is 3.17. The molecule has 0 spiro atoms. The number of hydrogen-bond donors (Lipinski definition) is 2. The fourth-order valence-electron chi connectivity index (χ4n) is 1.41. The van der Waals surface area contributed by atoms with Crippen LogP contribution in [0.5, 0.6) is 0 Å². The lowest BCUT2D eigenvalue weighted by molar-refractivity contribution is 0.620. The number of hydrogen-bond acceptors (Lipinski definition) is 1. The lowest BCUT2D eigenvalue weighted by Crippen LogP contribution is -2.38. The van der Waals surface area contributed by atoms with E-state index in [0.717, 1.165) is 24.5 Å². The molecule has 0 radical (unpaired) electrons. The Morgan fingerprint density at radius 1 is 1.47 bits per heavy atom. The molecule has 6 heteroatoms. The molecule has 0 aliphatic carbocycles. The van der Waals surface area contributed by atoms with Crippen LogP contribution in [-0.4, -0.2) is 26.1 Å². The van der Waals surface area contributed by atoms with Gasteiger partial charge < -0.3 is 10.6 Å². The lowest BCUT2D eigenvalue weighted by atomic mass is 10.1. The van der Waals surface area contributed by atoms with Crippen molar-refractivity contribution in [1.82, 2.24) is 10.6 Å². The van der Waals surface area contributed by atoms with Crippen molar-refractivity contribution in [2.45, 2.75) is 6.42 Å². The Balaban J connectivity index is 0.00000324. The fraction of sp³-hybridized carbons (Fsp3) is 0.308. The van der Waals surface area contributed by atoms with E-state index >= 15 is 0 Å². The molecule has 1 aromatic carbocycles. The minimum atomic E-state index is -0.241. The quantitative estimate of drug-likeness (QED) is 0.319. The van der Waals surface area contributed by atoms with Crippen LogP contribution in [0.1, 0.15) is 5.56 Å². The number of benzene rings is 1. The van der Waals surface area contributed by atoms with Crippen molar-refractivity contribution in [2.24, 2.45) is 4.99 Å². The Morgan fingerprint density at radius 2 is 2.21 bits per heavy atom. The number of aliphatic imine (C=N–C) groups is 1. The molecule has 0 atom stereocenters. The molecule has 0 saturated carbocycles. The second-order valence-electron chi connectivity index (χ2n) is 3.67. The van der Waals surface area contributed by atoms with E-state index < -0.39 is 0 Å². The Bertz CT molecular complexity index is 438. The topological polar surface area (TPSA) is 36.4 Å². The predicted molar refractivity (Wildman–Crippen MR) is 92.8 cm³/mol. The minimum Gasteiger partial charge on any atom is -0.356 e. The van der Waals surface area contributed by atoms with Crippen LogP contribution < -0.4 is 10.6 Å². The van der Waals surface area contributed by atoms with Gasteiger partial charge in [-0.15, -0.1) is 30.6 Å². The van der Waals surface area contributed by atoms with Crippen molar-refractivity contribution in [3.63, 3.8) is 0 Å². The highest BCUT2D eigenvalue weighted by Crippen LogP contribution is 2.16. The number of nitrogens with zero attached hydrogens (tertiary/aromatic N) is 1. The van der Waals surface area contributed by atoms with E-state index in [4.69, 9.17) is 0 Å². The van der Waals surface area contributed by atoms with Crippen LogP contribution in [0, 0.1) is 5.82 Å². The van der Waals surface area contributed by atoms with E-state index in [1.54, 1.807) is 25.3 Å². The lowest BCUT2D eigenvalue weighted by Gasteiger charge is -2.10. The first-order valence-corrected chi connectivity index (χ1v) is 6.46. The molecule has 3 nitrogen and oxygen atoms in total. The van der Waals surface area contributed by atoms with E-state index in [-0.39, 0.29) is 29.8 Å². The molecule has 0 saturated heterocycles. The SMILES string of the molecule is C=CCNC(=NC)NCCc1ccc(F)c(Br)c1.I. The Labute approximate surface area is 138 Å². The molecule has 19 heavy (non-hydrogen) atoms. The van der Waals surface area contributed by atoms with Crippen LogP contribution in [0.3, 0.4) is 0 Å². The molecule has 0 aliphatic heterocycles. The molecule has 106 valence electrons. The number of halogens is 3. The second-order valence-corrected chi connectivity index (χ2v) is 4.52. The zero-order chi connectivity index (χ0) is 13.4. The molecule has 2 N–H and O–H groups in total. The molecule has 1 aromatic rings. The predicted octanol–water partition coefficient (Wildman–Crippen LogP) is 3.10. The van der Waals surface area contributed by atoms with Gasteiger partial charge in [-0.05, 0) is 40.0 Å².